The lowest BCUT2D eigenvalue weighted by Gasteiger charge is -2.20. The van der Waals surface area contributed by atoms with E-state index in [1.54, 1.807) is 17.6 Å². The van der Waals surface area contributed by atoms with Gasteiger partial charge in [-0.3, -0.25) is 9.89 Å². The second-order valence-corrected chi connectivity index (χ2v) is 8.70. The van der Waals surface area contributed by atoms with Crippen molar-refractivity contribution in [3.63, 3.8) is 0 Å². The van der Waals surface area contributed by atoms with Crippen molar-refractivity contribution in [1.29, 1.82) is 0 Å². The summed E-state index contributed by atoms with van der Waals surface area (Å²) in [6.45, 7) is 5.13. The van der Waals surface area contributed by atoms with Crippen LogP contribution in [0.15, 0.2) is 45.3 Å². The number of hydrogen-bond donors (Lipinski definition) is 2. The molecule has 1 saturated carbocycles. The molecule has 28 heavy (non-hydrogen) atoms. The number of rotatable bonds is 8. The molecule has 0 amide bonds. The van der Waals surface area contributed by atoms with Crippen molar-refractivity contribution in [3.8, 4) is 0 Å². The van der Waals surface area contributed by atoms with E-state index in [2.05, 4.69) is 40.0 Å². The fourth-order valence-corrected chi connectivity index (χ4v) is 4.61. The molecule has 154 valence electrons. The topological polar surface area (TPSA) is 52.8 Å². The highest BCUT2D eigenvalue weighted by atomic mass is 127. The molecule has 0 aromatic carbocycles. The normalized spacial score (nSPS) is 22.8. The first-order valence-electron chi connectivity index (χ1n) is 10.1. The molecule has 0 spiro atoms. The predicted octanol–water partition coefficient (Wildman–Crippen LogP) is 3.90. The van der Waals surface area contributed by atoms with Gasteiger partial charge in [-0.15, -0.1) is 35.3 Å². The molecule has 5 nitrogen and oxygen atoms in total. The Morgan fingerprint density at radius 1 is 1.29 bits per heavy atom. The standard InChI is InChI=1S/C21H30N4OS.HI/c1-16-14-17(15-25(16)18-6-7-18)24-21(22-10-8-19-4-2-12-26-19)23-11-9-20-5-3-13-27-20;/h2-5,12-13,16-18H,6-11,14-15H2,1H3,(H2,22,23,24);1H. The molecule has 1 aliphatic carbocycles. The molecule has 1 saturated heterocycles. The number of halogens is 1. The Labute approximate surface area is 189 Å². The molecular formula is C21H31IN4OS. The van der Waals surface area contributed by atoms with Crippen molar-refractivity contribution in [2.75, 3.05) is 19.6 Å². The molecule has 3 heterocycles. The van der Waals surface area contributed by atoms with Gasteiger partial charge in [0.1, 0.15) is 5.76 Å². The second kappa shape index (κ2) is 10.6. The molecule has 2 aliphatic rings. The quantitative estimate of drug-likeness (QED) is 0.319. The molecule has 4 rings (SSSR count). The number of hydrogen-bond acceptors (Lipinski definition) is 4. The Morgan fingerprint density at radius 2 is 2.18 bits per heavy atom. The smallest absolute Gasteiger partial charge is 0.191 e. The van der Waals surface area contributed by atoms with Gasteiger partial charge in [-0.05, 0) is 49.8 Å². The third kappa shape index (κ3) is 6.22. The molecule has 7 heteroatoms. The van der Waals surface area contributed by atoms with Gasteiger partial charge in [0.05, 0.1) is 6.26 Å². The van der Waals surface area contributed by atoms with Gasteiger partial charge < -0.3 is 15.1 Å². The summed E-state index contributed by atoms with van der Waals surface area (Å²) in [5.41, 5.74) is 0. The SMILES string of the molecule is CC1CC(NC(=NCCc2cccs2)NCCc2ccco2)CN1C1CC1.I. The van der Waals surface area contributed by atoms with Crippen LogP contribution in [0.4, 0.5) is 0 Å². The first-order chi connectivity index (χ1) is 13.3. The maximum atomic E-state index is 5.43. The summed E-state index contributed by atoms with van der Waals surface area (Å²) in [5, 5.41) is 9.32. The Bertz CT molecular complexity index is 715. The predicted molar refractivity (Wildman–Crippen MR) is 127 cm³/mol. The Hall–Kier alpha value is -1.06. The number of aliphatic imine (C=N–C) groups is 1. The number of likely N-dealkylation sites (tertiary alicyclic amines) is 1. The summed E-state index contributed by atoms with van der Waals surface area (Å²) in [5.74, 6) is 1.95. The van der Waals surface area contributed by atoms with E-state index in [-0.39, 0.29) is 24.0 Å². The van der Waals surface area contributed by atoms with E-state index < -0.39 is 0 Å². The van der Waals surface area contributed by atoms with Crippen LogP contribution in [0.3, 0.4) is 0 Å². The average molecular weight is 514 g/mol. The summed E-state index contributed by atoms with van der Waals surface area (Å²) < 4.78 is 5.43. The van der Waals surface area contributed by atoms with E-state index in [1.807, 2.05) is 12.1 Å². The minimum absolute atomic E-state index is 0. The number of thiophene rings is 1. The molecular weight excluding hydrogens is 483 g/mol. The van der Waals surface area contributed by atoms with Crippen LogP contribution in [0.1, 0.15) is 36.8 Å². The minimum Gasteiger partial charge on any atom is -0.469 e. The highest BCUT2D eigenvalue weighted by molar-refractivity contribution is 14.0. The fourth-order valence-electron chi connectivity index (χ4n) is 3.91. The van der Waals surface area contributed by atoms with Gasteiger partial charge >= 0.3 is 0 Å². The van der Waals surface area contributed by atoms with Crippen LogP contribution in [0.5, 0.6) is 0 Å². The van der Waals surface area contributed by atoms with Crippen LogP contribution in [-0.2, 0) is 12.8 Å². The van der Waals surface area contributed by atoms with Crippen LogP contribution in [0.2, 0.25) is 0 Å². The first-order valence-corrected chi connectivity index (χ1v) is 11.0. The molecule has 2 unspecified atom stereocenters. The monoisotopic (exact) mass is 514 g/mol. The second-order valence-electron chi connectivity index (χ2n) is 7.67. The molecule has 2 aromatic heterocycles. The van der Waals surface area contributed by atoms with E-state index in [0.29, 0.717) is 12.1 Å². The summed E-state index contributed by atoms with van der Waals surface area (Å²) in [4.78, 5) is 8.91. The summed E-state index contributed by atoms with van der Waals surface area (Å²) in [6.07, 6.45) is 7.54. The van der Waals surface area contributed by atoms with Crippen molar-refractivity contribution in [2.45, 2.75) is 57.2 Å². The summed E-state index contributed by atoms with van der Waals surface area (Å²) in [6, 6.07) is 10.2. The number of nitrogens with one attached hydrogen (secondary N) is 2. The van der Waals surface area contributed by atoms with Gasteiger partial charge in [0.15, 0.2) is 5.96 Å². The lowest BCUT2D eigenvalue weighted by atomic mass is 10.2. The van der Waals surface area contributed by atoms with Crippen molar-refractivity contribution < 1.29 is 4.42 Å². The zero-order chi connectivity index (χ0) is 18.5. The number of furan rings is 1. The Balaban J connectivity index is 0.00000225. The maximum Gasteiger partial charge on any atom is 0.191 e. The van der Waals surface area contributed by atoms with Crippen molar-refractivity contribution in [2.24, 2.45) is 4.99 Å². The lowest BCUT2D eigenvalue weighted by molar-refractivity contribution is 0.256. The van der Waals surface area contributed by atoms with E-state index in [4.69, 9.17) is 9.41 Å². The van der Waals surface area contributed by atoms with Crippen molar-refractivity contribution in [1.82, 2.24) is 15.5 Å². The van der Waals surface area contributed by atoms with Crippen LogP contribution >= 0.6 is 35.3 Å². The Morgan fingerprint density at radius 3 is 2.89 bits per heavy atom. The zero-order valence-electron chi connectivity index (χ0n) is 16.5. The molecule has 2 atom stereocenters. The summed E-state index contributed by atoms with van der Waals surface area (Å²) >= 11 is 1.81. The van der Waals surface area contributed by atoms with Crippen molar-refractivity contribution in [3.05, 3.63) is 46.5 Å². The van der Waals surface area contributed by atoms with Gasteiger partial charge in [-0.1, -0.05) is 6.07 Å². The average Bonchev–Trinajstić information content (AvgIpc) is 3.03. The van der Waals surface area contributed by atoms with E-state index in [0.717, 1.165) is 50.2 Å². The van der Waals surface area contributed by atoms with Crippen molar-refractivity contribution >= 4 is 41.3 Å². The third-order valence-corrected chi connectivity index (χ3v) is 6.37. The zero-order valence-corrected chi connectivity index (χ0v) is 19.6. The lowest BCUT2D eigenvalue weighted by Crippen LogP contribution is -2.45. The van der Waals surface area contributed by atoms with Gasteiger partial charge in [-0.2, -0.15) is 0 Å². The molecule has 0 radical (unpaired) electrons. The largest absolute Gasteiger partial charge is 0.469 e. The van der Waals surface area contributed by atoms with Crippen LogP contribution < -0.4 is 10.6 Å². The Kier molecular flexibility index (Phi) is 8.23. The van der Waals surface area contributed by atoms with Crippen LogP contribution in [0, 0.1) is 0 Å². The maximum absolute atomic E-state index is 5.43. The number of nitrogens with zero attached hydrogens (tertiary/aromatic N) is 2. The molecule has 1 aliphatic heterocycles. The molecule has 2 aromatic rings. The minimum atomic E-state index is 0. The third-order valence-electron chi connectivity index (χ3n) is 5.43. The van der Waals surface area contributed by atoms with Gasteiger partial charge in [0, 0.05) is 55.5 Å². The molecule has 2 N–H and O–H groups in total. The summed E-state index contributed by atoms with van der Waals surface area (Å²) in [7, 11) is 0. The van der Waals surface area contributed by atoms with Crippen LogP contribution in [-0.4, -0.2) is 48.6 Å². The molecule has 2 fully saturated rings. The first kappa shape index (κ1) is 21.6. The fraction of sp³-hybridized carbons (Fsp3) is 0.571. The van der Waals surface area contributed by atoms with Crippen LogP contribution in [0.25, 0.3) is 0 Å². The van der Waals surface area contributed by atoms with Gasteiger partial charge in [0.2, 0.25) is 0 Å². The van der Waals surface area contributed by atoms with Gasteiger partial charge in [0.25, 0.3) is 0 Å². The van der Waals surface area contributed by atoms with Gasteiger partial charge in [-0.25, -0.2) is 0 Å². The van der Waals surface area contributed by atoms with E-state index in [1.165, 1.54) is 24.1 Å². The highest BCUT2D eigenvalue weighted by Gasteiger charge is 2.38. The van der Waals surface area contributed by atoms with E-state index >= 15 is 0 Å². The highest BCUT2D eigenvalue weighted by Crippen LogP contribution is 2.33. The molecule has 0 bridgehead atoms. The number of guanidine groups is 1. The van der Waals surface area contributed by atoms with E-state index in [9.17, 15) is 0 Å².